The summed E-state index contributed by atoms with van der Waals surface area (Å²) in [4.78, 5) is 80.1. The van der Waals surface area contributed by atoms with Crippen molar-refractivity contribution in [2.75, 3.05) is 84.3 Å². The number of nitrogens with one attached hydrogen (secondary N) is 4. The molecule has 1 aliphatic heterocycles. The Hall–Kier alpha value is -3.36. The molecule has 1 atom stereocenters. The zero-order valence-corrected chi connectivity index (χ0v) is 29.6. The lowest BCUT2D eigenvalue weighted by molar-refractivity contribution is -0.139. The molecular weight excluding hydrogens is 652 g/mol. The first kappa shape index (κ1) is 49.0. The number of likely N-dealkylation sites (tertiary alicyclic amines) is 1. The molecule has 0 aromatic carbocycles. The van der Waals surface area contributed by atoms with Crippen molar-refractivity contribution in [3.8, 4) is 0 Å². The lowest BCUT2D eigenvalue weighted by Gasteiger charge is -2.18. The van der Waals surface area contributed by atoms with Crippen LogP contribution in [0.3, 0.4) is 0 Å². The summed E-state index contributed by atoms with van der Waals surface area (Å²) in [7, 11) is 0. The molecule has 1 aliphatic rings. The SMILES string of the molecule is CCN(CC)CC(=O)NCCN1C(=O)CC(SCC(=O)NCCCCCN)C1=O.CCNCC(=O)O.CCNCC(=O)O.NCC(=O)O. The molecule has 11 N–H and O–H groups in total. The van der Waals surface area contributed by atoms with E-state index >= 15 is 0 Å². The number of likely N-dealkylation sites (N-methyl/N-ethyl adjacent to an activating group) is 3. The largest absolute Gasteiger partial charge is 0.480 e. The Balaban J connectivity index is -0.000000860. The molecule has 0 aromatic rings. The molecule has 4 amide bonds. The Bertz CT molecular complexity index is 924. The van der Waals surface area contributed by atoms with E-state index in [0.717, 1.165) is 32.4 Å². The molecular formula is C29H58N8O10S. The summed E-state index contributed by atoms with van der Waals surface area (Å²) in [6, 6.07) is 0. The molecule has 0 aromatic heterocycles. The van der Waals surface area contributed by atoms with E-state index in [4.69, 9.17) is 21.1 Å². The van der Waals surface area contributed by atoms with E-state index < -0.39 is 23.2 Å². The topological polar surface area (TPSA) is 287 Å². The van der Waals surface area contributed by atoms with Crippen LogP contribution in [0.25, 0.3) is 0 Å². The second kappa shape index (κ2) is 33.5. The molecule has 0 bridgehead atoms. The van der Waals surface area contributed by atoms with Gasteiger partial charge < -0.3 is 48.1 Å². The van der Waals surface area contributed by atoms with Crippen LogP contribution in [-0.4, -0.2) is 156 Å². The molecule has 0 saturated carbocycles. The highest BCUT2D eigenvalue weighted by Gasteiger charge is 2.38. The fourth-order valence-electron chi connectivity index (χ4n) is 3.40. The van der Waals surface area contributed by atoms with Gasteiger partial charge in [-0.3, -0.25) is 43.4 Å². The number of rotatable bonds is 22. The Morgan fingerprint density at radius 3 is 1.75 bits per heavy atom. The number of carbonyl (C=O) groups excluding carboxylic acids is 4. The Morgan fingerprint density at radius 2 is 1.33 bits per heavy atom. The number of nitrogens with two attached hydrogens (primary N) is 2. The van der Waals surface area contributed by atoms with Crippen LogP contribution >= 0.6 is 11.8 Å². The third kappa shape index (κ3) is 31.3. The molecule has 18 nitrogen and oxygen atoms in total. The summed E-state index contributed by atoms with van der Waals surface area (Å²) in [5.41, 5.74) is 9.99. The van der Waals surface area contributed by atoms with Crippen molar-refractivity contribution in [2.24, 2.45) is 11.5 Å². The van der Waals surface area contributed by atoms with Gasteiger partial charge in [-0.1, -0.05) is 34.1 Å². The fraction of sp³-hybridized carbons (Fsp3) is 0.759. The van der Waals surface area contributed by atoms with Gasteiger partial charge >= 0.3 is 17.9 Å². The van der Waals surface area contributed by atoms with Gasteiger partial charge in [-0.15, -0.1) is 11.8 Å². The van der Waals surface area contributed by atoms with Gasteiger partial charge in [0.15, 0.2) is 0 Å². The standard InChI is InChI=1S/C19H35N5O4S.2C4H9NO2.C2H5NO2/c1-3-23(4-2)13-16(25)22-10-11-24-18(27)12-15(19(24)28)29-14-17(26)21-9-7-5-6-8-20;2*1-2-5-3-4(6)7;3-1-2(4)5/h15H,3-14,20H2,1-2H3,(H,21,26)(H,22,25);2*5H,2-3H2,1H3,(H,6,7);1,3H2,(H,4,5). The highest BCUT2D eigenvalue weighted by atomic mass is 32.2. The summed E-state index contributed by atoms with van der Waals surface area (Å²) >= 11 is 1.19. The fourth-order valence-corrected chi connectivity index (χ4v) is 4.38. The molecule has 0 aliphatic carbocycles. The molecule has 280 valence electrons. The Morgan fingerprint density at radius 1 is 0.812 bits per heavy atom. The van der Waals surface area contributed by atoms with Crippen molar-refractivity contribution in [3.05, 3.63) is 0 Å². The van der Waals surface area contributed by atoms with Crippen LogP contribution in [0.4, 0.5) is 0 Å². The number of unbranched alkanes of at least 4 members (excludes halogenated alkanes) is 2. The smallest absolute Gasteiger partial charge is 0.317 e. The molecule has 1 fully saturated rings. The second-order valence-corrected chi connectivity index (χ2v) is 11.0. The maximum atomic E-state index is 12.4. The molecule has 0 radical (unpaired) electrons. The highest BCUT2D eigenvalue weighted by molar-refractivity contribution is 8.01. The minimum absolute atomic E-state index is 0.0660. The number of hydrogen-bond donors (Lipinski definition) is 9. The second-order valence-electron chi connectivity index (χ2n) is 9.84. The minimum Gasteiger partial charge on any atom is -0.480 e. The molecule has 1 rings (SSSR count). The van der Waals surface area contributed by atoms with E-state index in [1.54, 1.807) is 0 Å². The maximum absolute atomic E-state index is 12.4. The van der Waals surface area contributed by atoms with E-state index in [2.05, 4.69) is 27.0 Å². The molecule has 1 unspecified atom stereocenters. The predicted molar refractivity (Wildman–Crippen MR) is 183 cm³/mol. The van der Waals surface area contributed by atoms with E-state index in [0.29, 0.717) is 32.7 Å². The number of imide groups is 1. The third-order valence-electron chi connectivity index (χ3n) is 5.97. The van der Waals surface area contributed by atoms with Gasteiger partial charge in [0.05, 0.1) is 37.2 Å². The normalized spacial score (nSPS) is 13.3. The van der Waals surface area contributed by atoms with Gasteiger partial charge in [0.1, 0.15) is 0 Å². The molecule has 1 heterocycles. The number of thioether (sulfide) groups is 1. The van der Waals surface area contributed by atoms with Crippen molar-refractivity contribution in [1.82, 2.24) is 31.1 Å². The van der Waals surface area contributed by atoms with Gasteiger partial charge in [-0.25, -0.2) is 0 Å². The molecule has 48 heavy (non-hydrogen) atoms. The van der Waals surface area contributed by atoms with Gasteiger partial charge in [-0.05, 0) is 45.6 Å². The van der Waals surface area contributed by atoms with Crippen molar-refractivity contribution in [1.29, 1.82) is 0 Å². The summed E-state index contributed by atoms with van der Waals surface area (Å²) < 4.78 is 0. The van der Waals surface area contributed by atoms with Gasteiger partial charge in [0.2, 0.25) is 23.6 Å². The van der Waals surface area contributed by atoms with E-state index in [1.165, 1.54) is 16.7 Å². The number of carboxylic acid groups (broad SMARTS) is 3. The van der Waals surface area contributed by atoms with Crippen LogP contribution in [0, 0.1) is 0 Å². The number of carbonyl (C=O) groups is 7. The minimum atomic E-state index is -0.968. The predicted octanol–water partition coefficient (Wildman–Crippen LogP) is -2.06. The van der Waals surface area contributed by atoms with E-state index in [-0.39, 0.29) is 68.5 Å². The molecule has 1 saturated heterocycles. The number of aliphatic carboxylic acids is 3. The van der Waals surface area contributed by atoms with Crippen molar-refractivity contribution in [3.63, 3.8) is 0 Å². The maximum Gasteiger partial charge on any atom is 0.317 e. The number of amides is 4. The highest BCUT2D eigenvalue weighted by Crippen LogP contribution is 2.24. The zero-order chi connectivity index (χ0) is 37.3. The first-order valence-corrected chi connectivity index (χ1v) is 17.0. The van der Waals surface area contributed by atoms with Crippen LogP contribution in [0.15, 0.2) is 0 Å². The number of nitrogens with zero attached hydrogens (tertiary/aromatic N) is 2. The average molecular weight is 711 g/mol. The number of hydrogen-bond acceptors (Lipinski definition) is 13. The molecule has 19 heteroatoms. The van der Waals surface area contributed by atoms with E-state index in [9.17, 15) is 33.6 Å². The summed E-state index contributed by atoms with van der Waals surface area (Å²) in [6.45, 7) is 12.5. The molecule has 0 spiro atoms. The van der Waals surface area contributed by atoms with E-state index in [1.807, 2.05) is 32.6 Å². The first-order valence-electron chi connectivity index (χ1n) is 15.9. The van der Waals surface area contributed by atoms with Crippen molar-refractivity contribution < 1.29 is 48.9 Å². The van der Waals surface area contributed by atoms with Crippen molar-refractivity contribution >= 4 is 53.3 Å². The van der Waals surface area contributed by atoms with Crippen LogP contribution in [0.2, 0.25) is 0 Å². The van der Waals surface area contributed by atoms with Gasteiger partial charge in [0.25, 0.3) is 0 Å². The quantitative estimate of drug-likeness (QED) is 0.0431. The first-order chi connectivity index (χ1) is 22.7. The lowest BCUT2D eigenvalue weighted by Crippen LogP contribution is -2.42. The third-order valence-corrected chi connectivity index (χ3v) is 7.17. The van der Waals surface area contributed by atoms with Crippen LogP contribution in [-0.2, 0) is 33.6 Å². The van der Waals surface area contributed by atoms with Crippen LogP contribution < -0.4 is 32.7 Å². The van der Waals surface area contributed by atoms with Crippen LogP contribution in [0.1, 0.15) is 53.4 Å². The monoisotopic (exact) mass is 710 g/mol. The van der Waals surface area contributed by atoms with Crippen molar-refractivity contribution in [2.45, 2.75) is 58.6 Å². The van der Waals surface area contributed by atoms with Gasteiger partial charge in [-0.2, -0.15) is 0 Å². The Kier molecular flexibility index (Phi) is 34.3. The zero-order valence-electron chi connectivity index (χ0n) is 28.8. The summed E-state index contributed by atoms with van der Waals surface area (Å²) in [5.74, 6) is -3.23. The number of carboxylic acids is 3. The van der Waals surface area contributed by atoms with Crippen LogP contribution in [0.5, 0.6) is 0 Å². The Labute approximate surface area is 287 Å². The summed E-state index contributed by atoms with van der Waals surface area (Å²) in [5, 5.41) is 33.9. The van der Waals surface area contributed by atoms with Gasteiger partial charge in [0, 0.05) is 26.1 Å². The average Bonchev–Trinajstić information content (AvgIpc) is 3.32. The lowest BCUT2D eigenvalue weighted by atomic mass is 10.2. The summed E-state index contributed by atoms with van der Waals surface area (Å²) in [6.07, 6.45) is 2.89.